The van der Waals surface area contributed by atoms with Crippen molar-refractivity contribution < 1.29 is 18.9 Å². The Morgan fingerprint density at radius 1 is 1.04 bits per heavy atom. The van der Waals surface area contributed by atoms with Crippen LogP contribution in [0.3, 0.4) is 0 Å². The summed E-state index contributed by atoms with van der Waals surface area (Å²) >= 11 is 0. The number of hydrogen-bond acceptors (Lipinski definition) is 2. The van der Waals surface area contributed by atoms with Gasteiger partial charge in [-0.05, 0) is 43.5 Å². The lowest BCUT2D eigenvalue weighted by Crippen LogP contribution is -3.22. The minimum absolute atomic E-state index is 0.110. The van der Waals surface area contributed by atoms with Crippen LogP contribution in [0.1, 0.15) is 42.5 Å². The molecule has 130 valence electrons. The molecule has 2 aliphatic heterocycles. The molecular formula is C18H25FN3O2+. The number of carbonyl (C=O) groups excluding carboxylic acids is 2. The first-order valence-electron chi connectivity index (χ1n) is 8.73. The topological polar surface area (TPSA) is 67.8 Å². The maximum absolute atomic E-state index is 13.0. The smallest absolute Gasteiger partial charge is 0.278 e. The van der Waals surface area contributed by atoms with Gasteiger partial charge in [0.15, 0.2) is 5.54 Å². The van der Waals surface area contributed by atoms with Gasteiger partial charge in [0.1, 0.15) is 5.82 Å². The van der Waals surface area contributed by atoms with Crippen LogP contribution in [0.4, 0.5) is 4.39 Å². The van der Waals surface area contributed by atoms with E-state index in [2.05, 4.69) is 0 Å². The van der Waals surface area contributed by atoms with Crippen molar-refractivity contribution in [1.82, 2.24) is 4.90 Å². The van der Waals surface area contributed by atoms with E-state index in [1.54, 1.807) is 4.90 Å². The van der Waals surface area contributed by atoms with Crippen LogP contribution in [-0.4, -0.2) is 48.4 Å². The summed E-state index contributed by atoms with van der Waals surface area (Å²) in [4.78, 5) is 27.8. The third kappa shape index (κ3) is 3.15. The van der Waals surface area contributed by atoms with Crippen LogP contribution in [0.25, 0.3) is 0 Å². The van der Waals surface area contributed by atoms with Crippen molar-refractivity contribution in [2.45, 2.75) is 37.6 Å². The lowest BCUT2D eigenvalue weighted by molar-refractivity contribution is -0.948. The molecule has 2 saturated heterocycles. The van der Waals surface area contributed by atoms with E-state index < -0.39 is 5.54 Å². The third-order valence-electron chi connectivity index (χ3n) is 5.60. The predicted octanol–water partition coefficient (Wildman–Crippen LogP) is 0.355. The van der Waals surface area contributed by atoms with Crippen LogP contribution >= 0.6 is 0 Å². The lowest BCUT2D eigenvalue weighted by Gasteiger charge is -2.45. The van der Waals surface area contributed by atoms with Gasteiger partial charge in [-0.15, -0.1) is 0 Å². The third-order valence-corrected chi connectivity index (χ3v) is 5.60. The number of primary amides is 1. The van der Waals surface area contributed by atoms with Gasteiger partial charge >= 0.3 is 0 Å². The van der Waals surface area contributed by atoms with E-state index in [-0.39, 0.29) is 17.6 Å². The number of piperidine rings is 2. The minimum Gasteiger partial charge on any atom is -0.364 e. The highest BCUT2D eigenvalue weighted by atomic mass is 19.1. The Balaban J connectivity index is 1.69. The largest absolute Gasteiger partial charge is 0.364 e. The van der Waals surface area contributed by atoms with E-state index in [0.717, 1.165) is 25.9 Å². The highest BCUT2D eigenvalue weighted by Crippen LogP contribution is 2.22. The molecule has 0 radical (unpaired) electrons. The van der Waals surface area contributed by atoms with Crippen molar-refractivity contribution >= 4 is 11.8 Å². The number of rotatable bonds is 3. The van der Waals surface area contributed by atoms with Crippen molar-refractivity contribution in [2.75, 3.05) is 26.2 Å². The second-order valence-corrected chi connectivity index (χ2v) is 6.91. The van der Waals surface area contributed by atoms with Gasteiger partial charge in [-0.2, -0.15) is 0 Å². The summed E-state index contributed by atoms with van der Waals surface area (Å²) in [5.41, 5.74) is 5.72. The molecule has 0 aromatic heterocycles. The Labute approximate surface area is 141 Å². The molecule has 0 aliphatic carbocycles. The van der Waals surface area contributed by atoms with Gasteiger partial charge in [-0.3, -0.25) is 9.59 Å². The molecule has 6 heteroatoms. The number of quaternary nitrogens is 1. The van der Waals surface area contributed by atoms with Gasteiger partial charge in [-0.1, -0.05) is 0 Å². The molecule has 2 amide bonds. The van der Waals surface area contributed by atoms with Gasteiger partial charge in [0.05, 0.1) is 13.1 Å². The molecule has 2 aliphatic rings. The molecule has 0 saturated carbocycles. The second-order valence-electron chi connectivity index (χ2n) is 6.91. The molecule has 2 heterocycles. The van der Waals surface area contributed by atoms with Crippen LogP contribution in [0.5, 0.6) is 0 Å². The molecule has 5 nitrogen and oxygen atoms in total. The molecule has 2 fully saturated rings. The zero-order chi connectivity index (χ0) is 17.2. The molecular weight excluding hydrogens is 309 g/mol. The lowest BCUT2D eigenvalue weighted by atomic mass is 9.83. The number of benzene rings is 1. The molecule has 24 heavy (non-hydrogen) atoms. The zero-order valence-corrected chi connectivity index (χ0v) is 13.9. The molecule has 3 N–H and O–H groups in total. The highest BCUT2D eigenvalue weighted by molar-refractivity contribution is 5.94. The summed E-state index contributed by atoms with van der Waals surface area (Å²) < 4.78 is 13.0. The monoisotopic (exact) mass is 334 g/mol. The Morgan fingerprint density at radius 3 is 2.17 bits per heavy atom. The Morgan fingerprint density at radius 2 is 1.62 bits per heavy atom. The van der Waals surface area contributed by atoms with Crippen LogP contribution in [0, 0.1) is 5.82 Å². The molecule has 0 bridgehead atoms. The molecule has 0 spiro atoms. The number of likely N-dealkylation sites (tertiary alicyclic amines) is 2. The maximum Gasteiger partial charge on any atom is 0.278 e. The fourth-order valence-electron chi connectivity index (χ4n) is 4.10. The summed E-state index contributed by atoms with van der Waals surface area (Å²) in [6.07, 6.45) is 4.67. The number of carbonyl (C=O) groups is 2. The van der Waals surface area contributed by atoms with Crippen LogP contribution in [0.2, 0.25) is 0 Å². The Bertz CT molecular complexity index is 603. The Hall–Kier alpha value is -1.95. The van der Waals surface area contributed by atoms with Gasteiger partial charge < -0.3 is 15.5 Å². The average Bonchev–Trinajstić information content (AvgIpc) is 2.62. The molecule has 0 unspecified atom stereocenters. The van der Waals surface area contributed by atoms with Crippen molar-refractivity contribution in [3.8, 4) is 0 Å². The van der Waals surface area contributed by atoms with Gasteiger partial charge in [0.2, 0.25) is 0 Å². The van der Waals surface area contributed by atoms with Crippen LogP contribution < -0.4 is 10.6 Å². The van der Waals surface area contributed by atoms with Crippen molar-refractivity contribution in [2.24, 2.45) is 5.73 Å². The number of hydrogen-bond donors (Lipinski definition) is 2. The normalized spacial score (nSPS) is 21.5. The van der Waals surface area contributed by atoms with E-state index in [1.807, 2.05) is 0 Å². The minimum atomic E-state index is -0.542. The zero-order valence-electron chi connectivity index (χ0n) is 13.9. The van der Waals surface area contributed by atoms with Gasteiger partial charge in [0.25, 0.3) is 11.8 Å². The fourth-order valence-corrected chi connectivity index (χ4v) is 4.10. The predicted molar refractivity (Wildman–Crippen MR) is 88.0 cm³/mol. The number of nitrogens with two attached hydrogens (primary N) is 1. The summed E-state index contributed by atoms with van der Waals surface area (Å²) in [5.74, 6) is -0.707. The number of nitrogens with one attached hydrogen (secondary N) is 1. The summed E-state index contributed by atoms with van der Waals surface area (Å²) in [6, 6.07) is 5.60. The average molecular weight is 334 g/mol. The number of halogens is 1. The van der Waals surface area contributed by atoms with Crippen LogP contribution in [0.15, 0.2) is 24.3 Å². The first kappa shape index (κ1) is 16.9. The first-order chi connectivity index (χ1) is 11.5. The van der Waals surface area contributed by atoms with Crippen LogP contribution in [-0.2, 0) is 4.79 Å². The second kappa shape index (κ2) is 6.89. The van der Waals surface area contributed by atoms with E-state index in [9.17, 15) is 14.0 Å². The fraction of sp³-hybridized carbons (Fsp3) is 0.556. The van der Waals surface area contributed by atoms with E-state index in [1.165, 1.54) is 35.6 Å². The highest BCUT2D eigenvalue weighted by Gasteiger charge is 2.49. The quantitative estimate of drug-likeness (QED) is 0.838. The standard InChI is InChI=1S/C18H24FN3O2/c19-15-6-4-14(5-7-15)16(23)21-12-8-18(9-13-21,17(20)24)22-10-2-1-3-11-22/h4-7H,1-3,8-13H2,(H2,20,24)/p+1. The SMILES string of the molecule is NC(=O)C1([NH+]2CCCCC2)CCN(C(=O)c2ccc(F)cc2)CC1. The van der Waals surface area contributed by atoms with E-state index in [4.69, 9.17) is 5.73 Å². The summed E-state index contributed by atoms with van der Waals surface area (Å²) in [5, 5.41) is 0. The van der Waals surface area contributed by atoms with Crippen molar-refractivity contribution in [1.29, 1.82) is 0 Å². The van der Waals surface area contributed by atoms with Gasteiger partial charge in [0, 0.05) is 31.5 Å². The maximum atomic E-state index is 13.0. The molecule has 0 atom stereocenters. The molecule has 3 rings (SSSR count). The number of nitrogens with zero attached hydrogens (tertiary/aromatic N) is 1. The molecule has 1 aromatic carbocycles. The first-order valence-corrected chi connectivity index (χ1v) is 8.73. The number of amides is 2. The van der Waals surface area contributed by atoms with Crippen molar-refractivity contribution in [3.05, 3.63) is 35.6 Å². The molecule has 1 aromatic rings. The summed E-state index contributed by atoms with van der Waals surface area (Å²) in [6.45, 7) is 3.00. The van der Waals surface area contributed by atoms with E-state index >= 15 is 0 Å². The van der Waals surface area contributed by atoms with E-state index in [0.29, 0.717) is 31.5 Å². The Kier molecular flexibility index (Phi) is 4.85. The van der Waals surface area contributed by atoms with Crippen molar-refractivity contribution in [3.63, 3.8) is 0 Å². The van der Waals surface area contributed by atoms with Gasteiger partial charge in [-0.25, -0.2) is 4.39 Å². The summed E-state index contributed by atoms with van der Waals surface area (Å²) in [7, 11) is 0.